The number of halogens is 3. The fraction of sp³-hybridized carbons (Fsp3) is 0.364. The molecule has 0 aliphatic carbocycles. The Labute approximate surface area is 262 Å². The molecule has 2 aliphatic heterocycles. The van der Waals surface area contributed by atoms with Crippen molar-refractivity contribution in [3.63, 3.8) is 0 Å². The standard InChI is InChI=1S/C27H27F3N2O.C6H8O7/c28-19-5-3-18(4-6-19)27(33)2-1-14-31-15-13-26-24(17-31)23-16-21(30)9-12-25(23)32(26)22-10-7-20(29)8-11-22;7-3(8)1-6(13,5(11)12)2-4(9)10/h3-12,16,24,26-27,33H,1-2,13-15,17H2;13H,1-2H2,(H,7,8)(H,9,10)(H,11,12)/t24-,26+,27?;/m0./s1. The van der Waals surface area contributed by atoms with E-state index in [-0.39, 0.29) is 29.4 Å². The lowest BCUT2D eigenvalue weighted by Gasteiger charge is -2.39. The highest BCUT2D eigenvalue weighted by Crippen LogP contribution is 2.48. The van der Waals surface area contributed by atoms with Crippen LogP contribution >= 0.6 is 0 Å². The molecule has 13 heteroatoms. The van der Waals surface area contributed by atoms with E-state index in [2.05, 4.69) is 9.80 Å². The van der Waals surface area contributed by atoms with Gasteiger partial charge in [0.25, 0.3) is 0 Å². The van der Waals surface area contributed by atoms with E-state index in [1.807, 2.05) is 6.07 Å². The molecule has 46 heavy (non-hydrogen) atoms. The third-order valence-electron chi connectivity index (χ3n) is 8.24. The van der Waals surface area contributed by atoms with Crippen LogP contribution in [-0.2, 0) is 14.4 Å². The average Bonchev–Trinajstić information content (AvgIpc) is 3.30. The molecule has 3 aromatic carbocycles. The molecule has 0 radical (unpaired) electrons. The molecule has 246 valence electrons. The maximum Gasteiger partial charge on any atom is 0.336 e. The van der Waals surface area contributed by atoms with Crippen LogP contribution in [0.1, 0.15) is 55.3 Å². The summed E-state index contributed by atoms with van der Waals surface area (Å²) < 4.78 is 40.7. The number of fused-ring (bicyclic) bond motifs is 3. The third kappa shape index (κ3) is 8.42. The summed E-state index contributed by atoms with van der Waals surface area (Å²) in [5.74, 6) is -5.68. The van der Waals surface area contributed by atoms with Crippen LogP contribution in [0.3, 0.4) is 0 Å². The molecule has 1 fully saturated rings. The average molecular weight is 645 g/mol. The van der Waals surface area contributed by atoms with E-state index in [1.54, 1.807) is 30.3 Å². The minimum Gasteiger partial charge on any atom is -0.481 e. The van der Waals surface area contributed by atoms with Crippen LogP contribution in [0, 0.1) is 17.5 Å². The van der Waals surface area contributed by atoms with Crippen molar-refractivity contribution in [2.24, 2.45) is 0 Å². The summed E-state index contributed by atoms with van der Waals surface area (Å²) in [5.41, 5.74) is 0.905. The van der Waals surface area contributed by atoms with Crippen LogP contribution < -0.4 is 4.90 Å². The van der Waals surface area contributed by atoms with Gasteiger partial charge in [-0.1, -0.05) is 12.1 Å². The number of aliphatic carboxylic acids is 3. The van der Waals surface area contributed by atoms with Gasteiger partial charge in [0.05, 0.1) is 18.9 Å². The first-order chi connectivity index (χ1) is 21.8. The maximum absolute atomic E-state index is 14.1. The van der Waals surface area contributed by atoms with Gasteiger partial charge >= 0.3 is 17.9 Å². The van der Waals surface area contributed by atoms with E-state index in [1.165, 1.54) is 30.3 Å². The summed E-state index contributed by atoms with van der Waals surface area (Å²) in [5, 5.41) is 44.2. The largest absolute Gasteiger partial charge is 0.481 e. The molecule has 0 aromatic heterocycles. The van der Waals surface area contributed by atoms with Gasteiger partial charge in [-0.15, -0.1) is 0 Å². The van der Waals surface area contributed by atoms with E-state index in [9.17, 15) is 32.7 Å². The van der Waals surface area contributed by atoms with Gasteiger partial charge in [0.2, 0.25) is 0 Å². The van der Waals surface area contributed by atoms with E-state index in [0.29, 0.717) is 6.42 Å². The lowest BCUT2D eigenvalue weighted by atomic mass is 9.88. The van der Waals surface area contributed by atoms with Gasteiger partial charge in [0, 0.05) is 36.4 Å². The first-order valence-electron chi connectivity index (χ1n) is 14.7. The first kappa shape index (κ1) is 34.4. The number of rotatable bonds is 11. The Morgan fingerprint density at radius 1 is 0.848 bits per heavy atom. The predicted octanol–water partition coefficient (Wildman–Crippen LogP) is 4.68. The number of aliphatic hydroxyl groups is 2. The zero-order chi connectivity index (χ0) is 33.6. The summed E-state index contributed by atoms with van der Waals surface area (Å²) in [6.45, 7) is 2.55. The van der Waals surface area contributed by atoms with Crippen LogP contribution in [0.25, 0.3) is 0 Å². The molecule has 2 heterocycles. The summed E-state index contributed by atoms with van der Waals surface area (Å²) in [6.07, 6.45) is -0.572. The van der Waals surface area contributed by atoms with Crippen LogP contribution in [0.2, 0.25) is 0 Å². The van der Waals surface area contributed by atoms with Crippen molar-refractivity contribution in [3.05, 3.63) is 95.3 Å². The predicted molar refractivity (Wildman–Crippen MR) is 160 cm³/mol. The topological polar surface area (TPSA) is 159 Å². The number of hydrogen-bond donors (Lipinski definition) is 5. The summed E-state index contributed by atoms with van der Waals surface area (Å²) >= 11 is 0. The van der Waals surface area contributed by atoms with E-state index in [0.717, 1.165) is 55.0 Å². The quantitative estimate of drug-likeness (QED) is 0.199. The van der Waals surface area contributed by atoms with E-state index in [4.69, 9.17) is 20.4 Å². The van der Waals surface area contributed by atoms with Crippen LogP contribution in [0.15, 0.2) is 66.7 Å². The highest BCUT2D eigenvalue weighted by molar-refractivity contribution is 5.88. The highest BCUT2D eigenvalue weighted by atomic mass is 19.1. The zero-order valence-electron chi connectivity index (χ0n) is 24.7. The summed E-state index contributed by atoms with van der Waals surface area (Å²) in [7, 11) is 0. The Kier molecular flexibility index (Phi) is 11.0. The van der Waals surface area contributed by atoms with Gasteiger partial charge < -0.3 is 35.3 Å². The number of nitrogens with zero attached hydrogens (tertiary/aromatic N) is 2. The molecular weight excluding hydrogens is 609 g/mol. The van der Waals surface area contributed by atoms with Crippen molar-refractivity contribution < 1.29 is 53.1 Å². The minimum atomic E-state index is -2.74. The Bertz CT molecular complexity index is 1520. The molecule has 1 saturated heterocycles. The van der Waals surface area contributed by atoms with Crippen LogP contribution in [-0.4, -0.2) is 79.6 Å². The highest BCUT2D eigenvalue weighted by Gasteiger charge is 2.43. The smallest absolute Gasteiger partial charge is 0.336 e. The molecule has 5 N–H and O–H groups in total. The third-order valence-corrected chi connectivity index (χ3v) is 8.24. The first-order valence-corrected chi connectivity index (χ1v) is 14.7. The van der Waals surface area contributed by atoms with E-state index >= 15 is 0 Å². The number of likely N-dealkylation sites (tertiary alicyclic amines) is 1. The number of carboxylic acids is 3. The number of carbonyl (C=O) groups is 3. The van der Waals surface area contributed by atoms with Crippen LogP contribution in [0.5, 0.6) is 0 Å². The van der Waals surface area contributed by atoms with Gasteiger partial charge in [-0.25, -0.2) is 18.0 Å². The maximum atomic E-state index is 14.1. The Morgan fingerprint density at radius 3 is 1.98 bits per heavy atom. The fourth-order valence-electron chi connectivity index (χ4n) is 6.05. The number of piperidine rings is 1. The van der Waals surface area contributed by atoms with Gasteiger partial charge in [0.15, 0.2) is 5.60 Å². The van der Waals surface area contributed by atoms with Crippen molar-refractivity contribution in [1.29, 1.82) is 0 Å². The van der Waals surface area contributed by atoms with Crippen molar-refractivity contribution in [2.75, 3.05) is 24.5 Å². The Hall–Kier alpha value is -4.46. The zero-order valence-corrected chi connectivity index (χ0v) is 24.7. The van der Waals surface area contributed by atoms with Gasteiger partial charge in [-0.05, 0) is 91.5 Å². The van der Waals surface area contributed by atoms with Crippen molar-refractivity contribution in [3.8, 4) is 0 Å². The molecule has 0 bridgehead atoms. The van der Waals surface area contributed by atoms with Crippen molar-refractivity contribution >= 4 is 29.3 Å². The molecule has 5 rings (SSSR count). The molecule has 3 aromatic rings. The fourth-order valence-corrected chi connectivity index (χ4v) is 6.05. The lowest BCUT2D eigenvalue weighted by molar-refractivity contribution is -0.170. The second kappa shape index (κ2) is 14.8. The molecule has 1 unspecified atom stereocenters. The summed E-state index contributed by atoms with van der Waals surface area (Å²) in [6, 6.07) is 17.6. The monoisotopic (exact) mass is 644 g/mol. The van der Waals surface area contributed by atoms with Crippen LogP contribution in [0.4, 0.5) is 24.5 Å². The number of benzene rings is 3. The number of aliphatic hydroxyl groups excluding tert-OH is 1. The molecule has 3 atom stereocenters. The second-order valence-corrected chi connectivity index (χ2v) is 11.5. The molecule has 0 spiro atoms. The molecule has 2 aliphatic rings. The minimum absolute atomic E-state index is 0.163. The summed E-state index contributed by atoms with van der Waals surface area (Å²) in [4.78, 5) is 35.1. The number of hydrogen-bond acceptors (Lipinski definition) is 7. The molecule has 0 amide bonds. The number of anilines is 2. The second-order valence-electron chi connectivity index (χ2n) is 11.5. The van der Waals surface area contributed by atoms with Crippen molar-refractivity contribution in [2.45, 2.75) is 55.8 Å². The molecule has 10 nitrogen and oxygen atoms in total. The molecular formula is C33H35F3N2O8. The Morgan fingerprint density at radius 2 is 1.41 bits per heavy atom. The normalized spacial score (nSPS) is 18.2. The van der Waals surface area contributed by atoms with Gasteiger partial charge in [-0.2, -0.15) is 0 Å². The molecule has 0 saturated carbocycles. The SMILES string of the molecule is O=C(O)CC(O)(CC(=O)O)C(=O)O.OC(CCCN1CC[C@@H]2[C@@H](C1)c1cc(F)ccc1N2c1ccc(F)cc1)c1ccc(F)cc1. The van der Waals surface area contributed by atoms with Crippen molar-refractivity contribution in [1.82, 2.24) is 4.90 Å². The van der Waals surface area contributed by atoms with Gasteiger partial charge in [-0.3, -0.25) is 9.59 Å². The van der Waals surface area contributed by atoms with Gasteiger partial charge in [0.1, 0.15) is 17.5 Å². The Balaban J connectivity index is 0.000000315. The van der Waals surface area contributed by atoms with E-state index < -0.39 is 42.5 Å². The number of carboxylic acid groups (broad SMARTS) is 3. The lowest BCUT2D eigenvalue weighted by Crippen LogP contribution is -2.45.